The fourth-order valence-corrected chi connectivity index (χ4v) is 1.65. The first kappa shape index (κ1) is 10.2. The van der Waals surface area contributed by atoms with Crippen molar-refractivity contribution in [1.82, 2.24) is 9.97 Å². The molecule has 0 aliphatic heterocycles. The molecule has 0 fully saturated rings. The predicted octanol–water partition coefficient (Wildman–Crippen LogP) is 3.18. The van der Waals surface area contributed by atoms with Gasteiger partial charge in [-0.25, -0.2) is 18.7 Å². The Morgan fingerprint density at radius 2 is 1.53 bits per heavy atom. The van der Waals surface area contributed by atoms with Crippen molar-refractivity contribution in [2.75, 3.05) is 0 Å². The summed E-state index contributed by atoms with van der Waals surface area (Å²) in [4.78, 5) is 7.42. The highest BCUT2D eigenvalue weighted by Crippen LogP contribution is 2.27. The lowest BCUT2D eigenvalue weighted by molar-refractivity contribution is 0.588. The van der Waals surface area contributed by atoms with E-state index in [0.717, 1.165) is 0 Å². The molecule has 2 nitrogen and oxygen atoms in total. The number of nitrogens with zero attached hydrogens (tertiary/aromatic N) is 2. The molecule has 0 bridgehead atoms. The predicted molar refractivity (Wildman–Crippen MR) is 55.1 cm³/mol. The smallest absolute Gasteiger partial charge is 0.135 e. The van der Waals surface area contributed by atoms with Crippen molar-refractivity contribution in [3.8, 4) is 11.1 Å². The zero-order valence-electron chi connectivity index (χ0n) is 7.42. The van der Waals surface area contributed by atoms with E-state index in [-0.39, 0.29) is 5.56 Å². The summed E-state index contributed by atoms with van der Waals surface area (Å²) in [6.07, 6.45) is 4.03. The van der Waals surface area contributed by atoms with E-state index in [1.807, 2.05) is 0 Å². The van der Waals surface area contributed by atoms with Crippen LogP contribution in [-0.2, 0) is 0 Å². The fraction of sp³-hybridized carbons (Fsp3) is 0. The molecule has 0 spiro atoms. The first-order valence-corrected chi connectivity index (χ1v) is 4.87. The zero-order valence-corrected chi connectivity index (χ0v) is 9.00. The highest BCUT2D eigenvalue weighted by molar-refractivity contribution is 9.10. The number of hydrogen-bond acceptors (Lipinski definition) is 2. The molecule has 0 atom stereocenters. The zero-order chi connectivity index (χ0) is 10.8. The Balaban J connectivity index is 2.64. The minimum absolute atomic E-state index is 0.112. The van der Waals surface area contributed by atoms with E-state index in [0.29, 0.717) is 10.0 Å². The van der Waals surface area contributed by atoms with Gasteiger partial charge >= 0.3 is 0 Å². The van der Waals surface area contributed by atoms with E-state index < -0.39 is 11.6 Å². The number of benzene rings is 1. The third kappa shape index (κ3) is 2.02. The van der Waals surface area contributed by atoms with E-state index in [1.165, 1.54) is 30.9 Å². The first-order chi connectivity index (χ1) is 7.18. The number of hydrogen-bond donors (Lipinski definition) is 0. The van der Waals surface area contributed by atoms with Gasteiger partial charge in [0.1, 0.15) is 18.0 Å². The lowest BCUT2D eigenvalue weighted by Gasteiger charge is -2.04. The van der Waals surface area contributed by atoms with Gasteiger partial charge in [0.05, 0.1) is 5.56 Å². The van der Waals surface area contributed by atoms with Crippen molar-refractivity contribution < 1.29 is 8.78 Å². The van der Waals surface area contributed by atoms with Crippen molar-refractivity contribution in [3.05, 3.63) is 47.0 Å². The van der Waals surface area contributed by atoms with Crippen LogP contribution in [0.3, 0.4) is 0 Å². The minimum atomic E-state index is -0.642. The molecule has 15 heavy (non-hydrogen) atoms. The lowest BCUT2D eigenvalue weighted by atomic mass is 10.1. The summed E-state index contributed by atoms with van der Waals surface area (Å²) in [7, 11) is 0. The summed E-state index contributed by atoms with van der Waals surface area (Å²) >= 11 is 3.01. The molecule has 0 N–H and O–H groups in total. The van der Waals surface area contributed by atoms with Crippen LogP contribution >= 0.6 is 15.9 Å². The normalized spacial score (nSPS) is 10.3. The topological polar surface area (TPSA) is 25.8 Å². The summed E-state index contributed by atoms with van der Waals surface area (Å²) in [5.74, 6) is -1.28. The van der Waals surface area contributed by atoms with Crippen LogP contribution in [0.4, 0.5) is 8.78 Å². The van der Waals surface area contributed by atoms with Gasteiger partial charge in [-0.2, -0.15) is 0 Å². The molecule has 1 heterocycles. The molecule has 2 aromatic rings. The monoisotopic (exact) mass is 270 g/mol. The quantitative estimate of drug-likeness (QED) is 0.796. The van der Waals surface area contributed by atoms with E-state index in [4.69, 9.17) is 0 Å². The average Bonchev–Trinajstić information content (AvgIpc) is 2.17. The molecule has 1 aromatic carbocycles. The Kier molecular flexibility index (Phi) is 2.73. The van der Waals surface area contributed by atoms with Crippen LogP contribution in [0.15, 0.2) is 35.3 Å². The van der Waals surface area contributed by atoms with Gasteiger partial charge in [-0.05, 0) is 12.1 Å². The van der Waals surface area contributed by atoms with Gasteiger partial charge in [0.15, 0.2) is 0 Å². The molecule has 0 aliphatic carbocycles. The Hall–Kier alpha value is -1.36. The second kappa shape index (κ2) is 4.02. The maximum absolute atomic E-state index is 13.5. The van der Waals surface area contributed by atoms with Crippen LogP contribution in [0.25, 0.3) is 11.1 Å². The molecule has 0 radical (unpaired) electrons. The average molecular weight is 271 g/mol. The van der Waals surface area contributed by atoms with Crippen LogP contribution in [0.2, 0.25) is 0 Å². The van der Waals surface area contributed by atoms with Crippen LogP contribution in [0.1, 0.15) is 0 Å². The van der Waals surface area contributed by atoms with Gasteiger partial charge in [0.25, 0.3) is 0 Å². The Bertz CT molecular complexity index is 465. The number of rotatable bonds is 1. The second-order valence-corrected chi connectivity index (χ2v) is 3.79. The van der Waals surface area contributed by atoms with Gasteiger partial charge in [0.2, 0.25) is 0 Å². The minimum Gasteiger partial charge on any atom is -0.244 e. The van der Waals surface area contributed by atoms with Crippen molar-refractivity contribution in [2.24, 2.45) is 0 Å². The van der Waals surface area contributed by atoms with Gasteiger partial charge in [-0.1, -0.05) is 15.9 Å². The molecular formula is C10H5BrF2N2. The first-order valence-electron chi connectivity index (χ1n) is 4.08. The summed E-state index contributed by atoms with van der Waals surface area (Å²) in [5.41, 5.74) is 0.207. The largest absolute Gasteiger partial charge is 0.244 e. The molecular weight excluding hydrogens is 266 g/mol. The standard InChI is InChI=1S/C10H5BrF2N2/c11-7-1-8(12)10(9(13)2-7)6-3-14-5-15-4-6/h1-5H. The Morgan fingerprint density at radius 3 is 2.07 bits per heavy atom. The van der Waals surface area contributed by atoms with E-state index in [1.54, 1.807) is 0 Å². The van der Waals surface area contributed by atoms with Crippen molar-refractivity contribution >= 4 is 15.9 Å². The molecule has 76 valence electrons. The van der Waals surface area contributed by atoms with Crippen molar-refractivity contribution in [1.29, 1.82) is 0 Å². The van der Waals surface area contributed by atoms with Gasteiger partial charge in [-0.15, -0.1) is 0 Å². The number of halogens is 3. The maximum Gasteiger partial charge on any atom is 0.135 e. The van der Waals surface area contributed by atoms with Crippen LogP contribution < -0.4 is 0 Å². The number of aromatic nitrogens is 2. The molecule has 0 saturated heterocycles. The molecule has 2 rings (SSSR count). The molecule has 0 aliphatic rings. The highest BCUT2D eigenvalue weighted by Gasteiger charge is 2.12. The molecule has 0 amide bonds. The van der Waals surface area contributed by atoms with Crippen molar-refractivity contribution in [3.63, 3.8) is 0 Å². The summed E-state index contributed by atoms with van der Waals surface area (Å²) < 4.78 is 27.3. The molecule has 1 aromatic heterocycles. The molecule has 0 unspecified atom stereocenters. The summed E-state index contributed by atoms with van der Waals surface area (Å²) in [5, 5.41) is 0. The molecule has 5 heteroatoms. The van der Waals surface area contributed by atoms with Crippen LogP contribution in [-0.4, -0.2) is 9.97 Å². The van der Waals surface area contributed by atoms with Gasteiger partial charge in [0, 0.05) is 22.4 Å². The van der Waals surface area contributed by atoms with Crippen LogP contribution in [0, 0.1) is 11.6 Å². The van der Waals surface area contributed by atoms with E-state index >= 15 is 0 Å². The van der Waals surface area contributed by atoms with Crippen molar-refractivity contribution in [2.45, 2.75) is 0 Å². The lowest BCUT2D eigenvalue weighted by Crippen LogP contribution is -1.91. The van der Waals surface area contributed by atoms with Gasteiger partial charge < -0.3 is 0 Å². The third-order valence-corrected chi connectivity index (χ3v) is 2.31. The Labute approximate surface area is 93.1 Å². The summed E-state index contributed by atoms with van der Waals surface area (Å²) in [6.45, 7) is 0. The highest BCUT2D eigenvalue weighted by atomic mass is 79.9. The Morgan fingerprint density at radius 1 is 1.00 bits per heavy atom. The third-order valence-electron chi connectivity index (χ3n) is 1.86. The fourth-order valence-electron chi connectivity index (χ4n) is 1.25. The van der Waals surface area contributed by atoms with E-state index in [9.17, 15) is 8.78 Å². The second-order valence-electron chi connectivity index (χ2n) is 2.87. The maximum atomic E-state index is 13.5. The summed E-state index contributed by atoms with van der Waals surface area (Å²) in [6, 6.07) is 2.40. The molecule has 0 saturated carbocycles. The van der Waals surface area contributed by atoms with Gasteiger partial charge in [-0.3, -0.25) is 0 Å². The SMILES string of the molecule is Fc1cc(Br)cc(F)c1-c1cncnc1. The van der Waals surface area contributed by atoms with E-state index in [2.05, 4.69) is 25.9 Å². The van der Waals surface area contributed by atoms with Crippen LogP contribution in [0.5, 0.6) is 0 Å².